The van der Waals surface area contributed by atoms with Crippen LogP contribution in [0.15, 0.2) is 35.5 Å². The van der Waals surface area contributed by atoms with E-state index in [9.17, 15) is 27.5 Å². The van der Waals surface area contributed by atoms with Crippen LogP contribution < -0.4 is 10.6 Å². The molecule has 4 N–H and O–H groups in total. The lowest BCUT2D eigenvalue weighted by Gasteiger charge is -2.16. The van der Waals surface area contributed by atoms with Crippen molar-refractivity contribution in [1.29, 1.82) is 0 Å². The molecule has 1 aromatic carbocycles. The first-order valence-electron chi connectivity index (χ1n) is 10.0. The molecule has 0 aliphatic carbocycles. The Morgan fingerprint density at radius 2 is 1.94 bits per heavy atom. The maximum Gasteiger partial charge on any atom is 0.435 e. The number of nitrogens with zero attached hydrogens (tertiary/aromatic N) is 4. The Balaban J connectivity index is 1.86. The number of hydrogen-bond donors (Lipinski definition) is 4. The number of benzene rings is 1. The van der Waals surface area contributed by atoms with Gasteiger partial charge in [-0.15, -0.1) is 0 Å². The van der Waals surface area contributed by atoms with Gasteiger partial charge in [0.2, 0.25) is 5.96 Å². The number of aryl methyl sites for hydroxylation is 1. The topological polar surface area (TPSA) is 120 Å². The van der Waals surface area contributed by atoms with Crippen molar-refractivity contribution >= 4 is 17.7 Å². The largest absolute Gasteiger partial charge is 0.505 e. The first-order valence-corrected chi connectivity index (χ1v) is 10.0. The van der Waals surface area contributed by atoms with Gasteiger partial charge in [-0.3, -0.25) is 24.9 Å². The predicted octanol–water partition coefficient (Wildman–Crippen LogP) is 3.92. The van der Waals surface area contributed by atoms with Crippen molar-refractivity contribution in [3.8, 4) is 17.0 Å². The molecule has 0 aliphatic heterocycles. The summed E-state index contributed by atoms with van der Waals surface area (Å²) in [6, 6.07) is 5.23. The number of aromatic amines is 1. The molecule has 0 radical (unpaired) electrons. The van der Waals surface area contributed by atoms with Crippen LogP contribution >= 0.6 is 0 Å². The Bertz CT molecular complexity index is 1220. The number of H-pyrrole nitrogens is 1. The summed E-state index contributed by atoms with van der Waals surface area (Å²) in [5, 5.41) is 24.5. The van der Waals surface area contributed by atoms with Gasteiger partial charge in [0.05, 0.1) is 11.3 Å². The van der Waals surface area contributed by atoms with Crippen molar-refractivity contribution in [2.24, 2.45) is 17.5 Å². The maximum atomic E-state index is 13.7. The molecule has 0 unspecified atom stereocenters. The summed E-state index contributed by atoms with van der Waals surface area (Å²) >= 11 is 0. The molecule has 0 fully saturated rings. The molecule has 0 saturated heterocycles. The number of hydrogen-bond acceptors (Lipinski definition) is 5. The van der Waals surface area contributed by atoms with Crippen LogP contribution in [-0.4, -0.2) is 43.5 Å². The molecule has 0 atom stereocenters. The zero-order valence-electron chi connectivity index (χ0n) is 18.8. The molecule has 2 aromatic heterocycles. The highest BCUT2D eigenvalue weighted by atomic mass is 19.4. The van der Waals surface area contributed by atoms with Crippen LogP contribution in [0.2, 0.25) is 0 Å². The standard InChI is InChI=1S/C21H23F4N7O2/c1-20(2,3)10-26-19(28-18(34)12-9-32(4)31-17(12)21(23,24)25)27-16-8-14(29-30-16)11-5-6-15(33)13(22)7-11/h5-9,33H,10H2,1-4H3,(H3,26,27,28,29,30,34). The number of phenols is 1. The normalized spacial score (nSPS) is 12.6. The van der Waals surface area contributed by atoms with E-state index in [1.165, 1.54) is 25.2 Å². The lowest BCUT2D eigenvalue weighted by molar-refractivity contribution is -0.141. The van der Waals surface area contributed by atoms with E-state index >= 15 is 0 Å². The monoisotopic (exact) mass is 481 g/mol. The minimum atomic E-state index is -4.82. The summed E-state index contributed by atoms with van der Waals surface area (Å²) in [6.45, 7) is 5.91. The van der Waals surface area contributed by atoms with E-state index < -0.39 is 34.9 Å². The molecule has 13 heteroatoms. The molecule has 0 saturated carbocycles. The number of carbonyl (C=O) groups excluding carboxylic acids is 1. The SMILES string of the molecule is Cn1cc(C(=O)NC(=NCC(C)(C)C)Nc2cc(-c3ccc(O)c(F)c3)[nH]n2)c(C(F)(F)F)n1. The van der Waals surface area contributed by atoms with Crippen LogP contribution in [0, 0.1) is 11.2 Å². The second kappa shape index (κ2) is 9.15. The van der Waals surface area contributed by atoms with Gasteiger partial charge in [0, 0.05) is 31.4 Å². The van der Waals surface area contributed by atoms with Crippen molar-refractivity contribution in [3.63, 3.8) is 0 Å². The van der Waals surface area contributed by atoms with Gasteiger partial charge in [-0.05, 0) is 23.6 Å². The average molecular weight is 481 g/mol. The first-order chi connectivity index (χ1) is 15.7. The molecule has 0 bridgehead atoms. The molecule has 2 heterocycles. The van der Waals surface area contributed by atoms with E-state index in [1.807, 2.05) is 20.8 Å². The average Bonchev–Trinajstić information content (AvgIpc) is 3.34. The molecule has 3 aromatic rings. The number of alkyl halides is 3. The number of carbonyl (C=O) groups is 1. The molecule has 34 heavy (non-hydrogen) atoms. The van der Waals surface area contributed by atoms with Gasteiger partial charge in [0.1, 0.15) is 0 Å². The van der Waals surface area contributed by atoms with E-state index in [-0.39, 0.29) is 23.7 Å². The van der Waals surface area contributed by atoms with Crippen LogP contribution in [-0.2, 0) is 13.2 Å². The lowest BCUT2D eigenvalue weighted by atomic mass is 9.97. The summed E-state index contributed by atoms with van der Waals surface area (Å²) < 4.78 is 54.4. The second-order valence-electron chi connectivity index (χ2n) is 8.70. The van der Waals surface area contributed by atoms with Crippen molar-refractivity contribution in [2.75, 3.05) is 11.9 Å². The van der Waals surface area contributed by atoms with Gasteiger partial charge in [-0.25, -0.2) is 4.39 Å². The maximum absolute atomic E-state index is 13.7. The summed E-state index contributed by atoms with van der Waals surface area (Å²) in [5.41, 5.74) is -1.50. The number of nitrogens with one attached hydrogen (secondary N) is 3. The molecule has 3 rings (SSSR count). The van der Waals surface area contributed by atoms with Gasteiger partial charge in [-0.2, -0.15) is 23.4 Å². The summed E-state index contributed by atoms with van der Waals surface area (Å²) in [5.74, 6) is -2.35. The second-order valence-corrected chi connectivity index (χ2v) is 8.70. The van der Waals surface area contributed by atoms with E-state index in [1.54, 1.807) is 0 Å². The van der Waals surface area contributed by atoms with E-state index in [4.69, 9.17) is 0 Å². The van der Waals surface area contributed by atoms with Gasteiger partial charge in [-0.1, -0.05) is 20.8 Å². The number of rotatable bonds is 4. The highest BCUT2D eigenvalue weighted by Gasteiger charge is 2.39. The fourth-order valence-corrected chi connectivity index (χ4v) is 2.79. The van der Waals surface area contributed by atoms with Crippen LogP contribution in [0.25, 0.3) is 11.3 Å². The van der Waals surface area contributed by atoms with Crippen LogP contribution in [0.5, 0.6) is 5.75 Å². The van der Waals surface area contributed by atoms with Gasteiger partial charge < -0.3 is 10.4 Å². The molecule has 1 amide bonds. The summed E-state index contributed by atoms with van der Waals surface area (Å²) in [4.78, 5) is 16.9. The number of aromatic hydroxyl groups is 1. The van der Waals surface area contributed by atoms with Gasteiger partial charge >= 0.3 is 6.18 Å². The third-order valence-corrected chi connectivity index (χ3v) is 4.37. The van der Waals surface area contributed by atoms with E-state index in [0.29, 0.717) is 11.3 Å². The fraction of sp³-hybridized carbons (Fsp3) is 0.333. The van der Waals surface area contributed by atoms with Gasteiger partial charge in [0.25, 0.3) is 5.91 Å². The number of halogens is 4. The third-order valence-electron chi connectivity index (χ3n) is 4.37. The smallest absolute Gasteiger partial charge is 0.435 e. The van der Waals surface area contributed by atoms with Gasteiger partial charge in [0.15, 0.2) is 23.1 Å². The Morgan fingerprint density at radius 1 is 1.24 bits per heavy atom. The highest BCUT2D eigenvalue weighted by molar-refractivity contribution is 6.10. The number of aliphatic imine (C=N–C) groups is 1. The zero-order valence-corrected chi connectivity index (χ0v) is 18.8. The Hall–Kier alpha value is -3.90. The summed E-state index contributed by atoms with van der Waals surface area (Å²) in [6.07, 6.45) is -3.86. The fourth-order valence-electron chi connectivity index (χ4n) is 2.79. The molecular formula is C21H23F4N7O2. The van der Waals surface area contributed by atoms with Crippen molar-refractivity contribution < 1.29 is 27.5 Å². The van der Waals surface area contributed by atoms with E-state index in [2.05, 4.69) is 30.9 Å². The number of phenolic OH excluding ortho intramolecular Hbond substituents is 1. The van der Waals surface area contributed by atoms with Crippen LogP contribution in [0.3, 0.4) is 0 Å². The molecular weight excluding hydrogens is 458 g/mol. The third kappa shape index (κ3) is 6.11. The summed E-state index contributed by atoms with van der Waals surface area (Å²) in [7, 11) is 1.27. The molecule has 9 nitrogen and oxygen atoms in total. The Morgan fingerprint density at radius 3 is 2.56 bits per heavy atom. The van der Waals surface area contributed by atoms with Crippen molar-refractivity contribution in [1.82, 2.24) is 25.3 Å². The molecule has 182 valence electrons. The lowest BCUT2D eigenvalue weighted by Crippen LogP contribution is -2.37. The quantitative estimate of drug-likeness (QED) is 0.256. The Labute approximate surface area is 191 Å². The minimum Gasteiger partial charge on any atom is -0.505 e. The number of anilines is 1. The van der Waals surface area contributed by atoms with E-state index in [0.717, 1.165) is 16.9 Å². The van der Waals surface area contributed by atoms with Crippen molar-refractivity contribution in [2.45, 2.75) is 26.9 Å². The number of aromatic nitrogens is 4. The predicted molar refractivity (Wildman–Crippen MR) is 117 cm³/mol. The zero-order chi connectivity index (χ0) is 25.3. The van der Waals surface area contributed by atoms with Crippen LogP contribution in [0.1, 0.15) is 36.8 Å². The Kier molecular flexibility index (Phi) is 6.66. The van der Waals surface area contributed by atoms with Crippen LogP contribution in [0.4, 0.5) is 23.4 Å². The minimum absolute atomic E-state index is 0.133. The number of amides is 1. The highest BCUT2D eigenvalue weighted by Crippen LogP contribution is 2.30. The number of guanidine groups is 1. The molecule has 0 aliphatic rings. The molecule has 0 spiro atoms. The first kappa shape index (κ1) is 24.7. The van der Waals surface area contributed by atoms with Crippen molar-refractivity contribution in [3.05, 3.63) is 47.5 Å².